The molecular formula is C40H25N3S. The fourth-order valence-electron chi connectivity index (χ4n) is 6.32. The Morgan fingerprint density at radius 1 is 0.409 bits per heavy atom. The van der Waals surface area contributed by atoms with Crippen LogP contribution in [0.15, 0.2) is 152 Å². The van der Waals surface area contributed by atoms with E-state index in [0.29, 0.717) is 5.82 Å². The topological polar surface area (TPSA) is 30.7 Å². The molecule has 0 amide bonds. The standard InChI is InChI=1S/C40H25N3S/c1-3-11-26(12-4-1)34-24-35(27-13-5-2-6-14-27)42-40(41-34)28-19-21-29(22-20-28)43-36-17-9-7-15-30(36)32-23-33-31-16-8-10-18-38(31)44-39(33)25-37(32)43/h1-25H. The predicted molar refractivity (Wildman–Crippen MR) is 186 cm³/mol. The van der Waals surface area contributed by atoms with Gasteiger partial charge in [0.1, 0.15) is 0 Å². The molecule has 0 atom stereocenters. The van der Waals surface area contributed by atoms with Gasteiger partial charge >= 0.3 is 0 Å². The SMILES string of the molecule is c1ccc(-c2cc(-c3ccccc3)nc(-c3ccc(-n4c5ccccc5c5cc6c(cc54)sc4ccccc46)cc3)n2)cc1. The molecule has 9 aromatic rings. The molecule has 0 aliphatic rings. The average Bonchev–Trinajstić information content (AvgIpc) is 3.62. The molecule has 9 rings (SSSR count). The zero-order valence-corrected chi connectivity index (χ0v) is 24.5. The Labute approximate surface area is 258 Å². The molecule has 3 nitrogen and oxygen atoms in total. The maximum Gasteiger partial charge on any atom is 0.160 e. The number of nitrogens with zero attached hydrogens (tertiary/aromatic N) is 3. The van der Waals surface area contributed by atoms with Gasteiger partial charge in [0.2, 0.25) is 0 Å². The maximum absolute atomic E-state index is 5.03. The van der Waals surface area contributed by atoms with Crippen LogP contribution in [0.3, 0.4) is 0 Å². The number of fused-ring (bicyclic) bond motifs is 6. The van der Waals surface area contributed by atoms with E-state index in [1.807, 2.05) is 47.7 Å². The van der Waals surface area contributed by atoms with Gasteiger partial charge in [0.05, 0.1) is 22.4 Å². The Balaban J connectivity index is 1.21. The van der Waals surface area contributed by atoms with Crippen molar-refractivity contribution in [2.45, 2.75) is 0 Å². The zero-order valence-electron chi connectivity index (χ0n) is 23.7. The summed E-state index contributed by atoms with van der Waals surface area (Å²) < 4.78 is 5.01. The Bertz CT molecular complexity index is 2420. The molecule has 0 bridgehead atoms. The minimum Gasteiger partial charge on any atom is -0.309 e. The molecule has 206 valence electrons. The molecule has 0 saturated carbocycles. The summed E-state index contributed by atoms with van der Waals surface area (Å²) in [7, 11) is 0. The molecule has 6 aromatic carbocycles. The molecule has 0 fully saturated rings. The summed E-state index contributed by atoms with van der Waals surface area (Å²) in [5.74, 6) is 0.714. The third kappa shape index (κ3) is 4.03. The number of rotatable bonds is 4. The number of hydrogen-bond donors (Lipinski definition) is 0. The minimum atomic E-state index is 0.714. The summed E-state index contributed by atoms with van der Waals surface area (Å²) in [5.41, 5.74) is 8.48. The summed E-state index contributed by atoms with van der Waals surface area (Å²) in [5, 5.41) is 5.17. The van der Waals surface area contributed by atoms with Gasteiger partial charge < -0.3 is 4.57 Å². The second kappa shape index (κ2) is 10.0. The first-order valence-electron chi connectivity index (χ1n) is 14.8. The van der Waals surface area contributed by atoms with Crippen molar-refractivity contribution in [1.82, 2.24) is 14.5 Å². The van der Waals surface area contributed by atoms with Gasteiger partial charge in [-0.05, 0) is 54.6 Å². The monoisotopic (exact) mass is 579 g/mol. The summed E-state index contributed by atoms with van der Waals surface area (Å²) in [6, 6.07) is 53.5. The van der Waals surface area contributed by atoms with E-state index in [1.54, 1.807) is 0 Å². The summed E-state index contributed by atoms with van der Waals surface area (Å²) in [6.45, 7) is 0. The van der Waals surface area contributed by atoms with Crippen LogP contribution in [0.5, 0.6) is 0 Å². The smallest absolute Gasteiger partial charge is 0.160 e. The van der Waals surface area contributed by atoms with Crippen LogP contribution in [-0.2, 0) is 0 Å². The highest BCUT2D eigenvalue weighted by atomic mass is 32.1. The van der Waals surface area contributed by atoms with Crippen LogP contribution >= 0.6 is 11.3 Å². The minimum absolute atomic E-state index is 0.714. The van der Waals surface area contributed by atoms with Crippen LogP contribution in [0, 0.1) is 0 Å². The predicted octanol–water partition coefficient (Wildman–Crippen LogP) is 10.9. The number of thiophene rings is 1. The highest BCUT2D eigenvalue weighted by molar-refractivity contribution is 7.25. The Kier molecular flexibility index (Phi) is 5.68. The number of para-hydroxylation sites is 1. The van der Waals surface area contributed by atoms with Crippen molar-refractivity contribution in [3.8, 4) is 39.6 Å². The van der Waals surface area contributed by atoms with Crippen molar-refractivity contribution >= 4 is 53.3 Å². The van der Waals surface area contributed by atoms with E-state index in [-0.39, 0.29) is 0 Å². The third-order valence-electron chi connectivity index (χ3n) is 8.42. The molecule has 0 unspecified atom stereocenters. The molecule has 0 aliphatic carbocycles. The average molecular weight is 580 g/mol. The Morgan fingerprint density at radius 2 is 1.02 bits per heavy atom. The lowest BCUT2D eigenvalue weighted by molar-refractivity contribution is 1.16. The van der Waals surface area contributed by atoms with Crippen LogP contribution in [0.4, 0.5) is 0 Å². The summed E-state index contributed by atoms with van der Waals surface area (Å²) in [4.78, 5) is 10.1. The van der Waals surface area contributed by atoms with Crippen LogP contribution < -0.4 is 0 Å². The zero-order chi connectivity index (χ0) is 29.0. The molecule has 3 aromatic heterocycles. The summed E-state index contributed by atoms with van der Waals surface area (Å²) in [6.07, 6.45) is 0. The lowest BCUT2D eigenvalue weighted by Gasteiger charge is -2.11. The number of hydrogen-bond acceptors (Lipinski definition) is 3. The van der Waals surface area contributed by atoms with E-state index in [1.165, 1.54) is 42.0 Å². The molecule has 0 saturated heterocycles. The van der Waals surface area contributed by atoms with Gasteiger partial charge in [-0.1, -0.05) is 97.1 Å². The van der Waals surface area contributed by atoms with Gasteiger partial charge in [-0.15, -0.1) is 11.3 Å². The quantitative estimate of drug-likeness (QED) is 0.208. The molecule has 4 heteroatoms. The van der Waals surface area contributed by atoms with Gasteiger partial charge in [0.15, 0.2) is 5.82 Å². The molecule has 0 radical (unpaired) electrons. The van der Waals surface area contributed by atoms with Gasteiger partial charge in [-0.25, -0.2) is 9.97 Å². The second-order valence-corrected chi connectivity index (χ2v) is 12.1. The molecule has 0 spiro atoms. The van der Waals surface area contributed by atoms with Crippen molar-refractivity contribution in [3.05, 3.63) is 152 Å². The van der Waals surface area contributed by atoms with Gasteiger partial charge in [0.25, 0.3) is 0 Å². The van der Waals surface area contributed by atoms with E-state index in [2.05, 4.69) is 120 Å². The highest BCUT2D eigenvalue weighted by Gasteiger charge is 2.16. The lowest BCUT2D eigenvalue weighted by atomic mass is 10.1. The van der Waals surface area contributed by atoms with Crippen LogP contribution in [0.25, 0.3) is 81.6 Å². The fraction of sp³-hybridized carbons (Fsp3) is 0. The summed E-state index contributed by atoms with van der Waals surface area (Å²) >= 11 is 1.86. The van der Waals surface area contributed by atoms with Crippen LogP contribution in [0.1, 0.15) is 0 Å². The molecule has 3 heterocycles. The van der Waals surface area contributed by atoms with Gasteiger partial charge in [-0.2, -0.15) is 0 Å². The fourth-order valence-corrected chi connectivity index (χ4v) is 7.44. The Hall–Kier alpha value is -5.58. The van der Waals surface area contributed by atoms with Crippen LogP contribution in [-0.4, -0.2) is 14.5 Å². The highest BCUT2D eigenvalue weighted by Crippen LogP contribution is 2.40. The van der Waals surface area contributed by atoms with Crippen molar-refractivity contribution < 1.29 is 0 Å². The number of aromatic nitrogens is 3. The van der Waals surface area contributed by atoms with Crippen molar-refractivity contribution in [2.75, 3.05) is 0 Å². The number of benzene rings is 6. The normalized spacial score (nSPS) is 11.6. The maximum atomic E-state index is 5.03. The van der Waals surface area contributed by atoms with Gasteiger partial charge in [0, 0.05) is 53.3 Å². The largest absolute Gasteiger partial charge is 0.309 e. The van der Waals surface area contributed by atoms with E-state index >= 15 is 0 Å². The van der Waals surface area contributed by atoms with E-state index in [4.69, 9.17) is 9.97 Å². The van der Waals surface area contributed by atoms with Crippen molar-refractivity contribution in [1.29, 1.82) is 0 Å². The molecule has 0 aliphatic heterocycles. The molecular weight excluding hydrogens is 555 g/mol. The van der Waals surface area contributed by atoms with Crippen molar-refractivity contribution in [2.24, 2.45) is 0 Å². The van der Waals surface area contributed by atoms with E-state index in [0.717, 1.165) is 33.8 Å². The first-order chi connectivity index (χ1) is 21.8. The van der Waals surface area contributed by atoms with Crippen molar-refractivity contribution in [3.63, 3.8) is 0 Å². The first-order valence-corrected chi connectivity index (χ1v) is 15.6. The third-order valence-corrected chi connectivity index (χ3v) is 9.55. The molecule has 44 heavy (non-hydrogen) atoms. The first kappa shape index (κ1) is 25.0. The second-order valence-electron chi connectivity index (χ2n) is 11.1. The molecule has 0 N–H and O–H groups in total. The van der Waals surface area contributed by atoms with E-state index < -0.39 is 0 Å². The van der Waals surface area contributed by atoms with E-state index in [9.17, 15) is 0 Å². The lowest BCUT2D eigenvalue weighted by Crippen LogP contribution is -1.97. The van der Waals surface area contributed by atoms with Gasteiger partial charge in [-0.3, -0.25) is 0 Å². The Morgan fingerprint density at radius 3 is 1.73 bits per heavy atom. The van der Waals surface area contributed by atoms with Crippen LogP contribution in [0.2, 0.25) is 0 Å².